The molecule has 1 aromatic rings. The summed E-state index contributed by atoms with van der Waals surface area (Å²) < 4.78 is 18.4. The molecule has 1 aromatic heterocycles. The van der Waals surface area contributed by atoms with E-state index in [0.717, 1.165) is 6.42 Å². The molecule has 0 aromatic carbocycles. The summed E-state index contributed by atoms with van der Waals surface area (Å²) in [6.45, 7) is 2.09. The minimum Gasteiger partial charge on any atom is -1.00 e. The van der Waals surface area contributed by atoms with Gasteiger partial charge in [-0.25, -0.2) is 4.57 Å². The Morgan fingerprint density at radius 3 is 2.12 bits per heavy atom. The van der Waals surface area contributed by atoms with Crippen LogP contribution in [0.5, 0.6) is 0 Å². The molecule has 0 aliphatic carbocycles. The third kappa shape index (κ3) is 2.92. The summed E-state index contributed by atoms with van der Waals surface area (Å²) in [5, 5.41) is 0. The Balaban J connectivity index is 0.00000225. The fraction of sp³-hybridized carbons (Fsp3) is 0.667. The van der Waals surface area contributed by atoms with Crippen LogP contribution in [0.2, 0.25) is 0 Å². The average molecular weight is 311 g/mol. The van der Waals surface area contributed by atoms with Gasteiger partial charge in [0.25, 0.3) is 0 Å². The van der Waals surface area contributed by atoms with E-state index in [4.69, 9.17) is 13.3 Å². The molecule has 0 aliphatic rings. The van der Waals surface area contributed by atoms with Crippen molar-refractivity contribution in [2.75, 3.05) is 21.3 Å². The zero-order valence-electron chi connectivity index (χ0n) is 10.1. The van der Waals surface area contributed by atoms with Crippen LogP contribution in [0.1, 0.15) is 19.0 Å². The number of halogens is 1. The van der Waals surface area contributed by atoms with Crippen molar-refractivity contribution < 1.29 is 34.8 Å². The smallest absolute Gasteiger partial charge is 0.547 e. The predicted molar refractivity (Wildman–Crippen MR) is 57.1 cm³/mol. The molecule has 0 fully saturated rings. The molecule has 94 valence electrons. The van der Waals surface area contributed by atoms with Gasteiger partial charge in [-0.2, -0.15) is 0 Å². The highest BCUT2D eigenvalue weighted by atomic mass is 79.9. The first-order valence-corrected chi connectivity index (χ1v) is 6.73. The molecule has 1 unspecified atom stereocenters. The quantitative estimate of drug-likeness (QED) is 0.474. The van der Waals surface area contributed by atoms with Crippen molar-refractivity contribution in [3.63, 3.8) is 0 Å². The molecule has 16 heavy (non-hydrogen) atoms. The van der Waals surface area contributed by atoms with Crippen molar-refractivity contribution in [1.29, 1.82) is 0 Å². The van der Waals surface area contributed by atoms with Gasteiger partial charge in [-0.05, 0) is 6.42 Å². The summed E-state index contributed by atoms with van der Waals surface area (Å²) in [6.07, 6.45) is 6.59. The predicted octanol–water partition coefficient (Wildman–Crippen LogP) is -2.33. The van der Waals surface area contributed by atoms with Crippen molar-refractivity contribution in [3.8, 4) is 0 Å². The summed E-state index contributed by atoms with van der Waals surface area (Å²) in [5.41, 5.74) is 0.101. The van der Waals surface area contributed by atoms with Crippen LogP contribution >= 0.6 is 0 Å². The summed E-state index contributed by atoms with van der Waals surface area (Å²) in [6, 6.07) is 0. The van der Waals surface area contributed by atoms with Crippen LogP contribution in [0.15, 0.2) is 18.7 Å². The molecule has 1 heterocycles. The molecular formula is C9H19BrN2O3Si. The second kappa shape index (κ2) is 7.18. The molecule has 0 radical (unpaired) electrons. The number of H-pyrrole nitrogens is 1. The van der Waals surface area contributed by atoms with Gasteiger partial charge in [0.05, 0.1) is 0 Å². The van der Waals surface area contributed by atoms with Crippen molar-refractivity contribution >= 4 is 8.80 Å². The van der Waals surface area contributed by atoms with Crippen molar-refractivity contribution in [2.45, 2.75) is 19.0 Å². The monoisotopic (exact) mass is 310 g/mol. The first kappa shape index (κ1) is 15.8. The Kier molecular flexibility index (Phi) is 7.08. The van der Waals surface area contributed by atoms with Crippen molar-refractivity contribution in [1.82, 2.24) is 4.98 Å². The summed E-state index contributed by atoms with van der Waals surface area (Å²) in [7, 11) is 2.29. The molecule has 7 heteroatoms. The van der Waals surface area contributed by atoms with Gasteiger partial charge in [0.15, 0.2) is 5.67 Å². The maximum atomic E-state index is 5.47. The first-order chi connectivity index (χ1) is 7.24. The van der Waals surface area contributed by atoms with E-state index in [9.17, 15) is 0 Å². The van der Waals surface area contributed by atoms with Crippen LogP contribution in [-0.4, -0.2) is 35.1 Å². The number of aromatic nitrogens is 2. The van der Waals surface area contributed by atoms with E-state index in [1.165, 1.54) is 0 Å². The molecule has 0 amide bonds. The lowest BCUT2D eigenvalue weighted by Crippen LogP contribution is -3.00. The second-order valence-electron chi connectivity index (χ2n) is 3.20. The van der Waals surface area contributed by atoms with E-state index in [0.29, 0.717) is 0 Å². The Hall–Kier alpha value is -0.213. The maximum Gasteiger partial charge on any atom is 0.547 e. The summed E-state index contributed by atoms with van der Waals surface area (Å²) in [5.74, 6) is 0. The third-order valence-corrected chi connectivity index (χ3v) is 5.80. The number of nitrogens with one attached hydrogen (secondary N) is 1. The lowest BCUT2D eigenvalue weighted by atomic mass is 10.5. The van der Waals surface area contributed by atoms with Gasteiger partial charge in [0.2, 0.25) is 6.33 Å². The average Bonchev–Trinajstić information content (AvgIpc) is 2.79. The number of aromatic amines is 1. The maximum absolute atomic E-state index is 5.47. The lowest BCUT2D eigenvalue weighted by Gasteiger charge is -2.29. The van der Waals surface area contributed by atoms with Crippen LogP contribution in [0.3, 0.4) is 0 Å². The standard InChI is InChI=1S/C9H18N2O3Si.BrH/c1-5-9(11-7-6-10-8-11)15(12-2,13-3)14-4;/h6-9H,5H2,1-4H3;1H. The SMILES string of the molecule is CCC([n+]1cc[nH]c1)[Si](OC)(OC)OC.[Br-]. The molecule has 5 nitrogen and oxygen atoms in total. The molecule has 0 saturated carbocycles. The fourth-order valence-corrected chi connectivity index (χ4v) is 4.14. The topological polar surface area (TPSA) is 47.4 Å². The van der Waals surface area contributed by atoms with Crippen LogP contribution in [0.4, 0.5) is 0 Å². The number of hydrogen-bond donors (Lipinski definition) is 1. The zero-order chi connectivity index (χ0) is 11.3. The summed E-state index contributed by atoms with van der Waals surface area (Å²) in [4.78, 5) is 3.01. The molecule has 0 spiro atoms. The molecular weight excluding hydrogens is 292 g/mol. The number of rotatable bonds is 6. The largest absolute Gasteiger partial charge is 1.00 e. The van der Waals surface area contributed by atoms with Gasteiger partial charge in [0.1, 0.15) is 12.4 Å². The molecule has 0 aliphatic heterocycles. The van der Waals surface area contributed by atoms with Crippen molar-refractivity contribution in [3.05, 3.63) is 18.7 Å². The fourth-order valence-electron chi connectivity index (χ4n) is 1.80. The molecule has 0 saturated heterocycles. The van der Waals surface area contributed by atoms with E-state index in [1.807, 2.05) is 23.3 Å². The highest BCUT2D eigenvalue weighted by Gasteiger charge is 2.50. The minimum atomic E-state index is -2.61. The van der Waals surface area contributed by atoms with Gasteiger partial charge < -0.3 is 30.3 Å². The highest BCUT2D eigenvalue weighted by molar-refractivity contribution is 6.60. The van der Waals surface area contributed by atoms with Crippen LogP contribution in [0.25, 0.3) is 0 Å². The first-order valence-electron chi connectivity index (χ1n) is 4.93. The van der Waals surface area contributed by atoms with Gasteiger partial charge >= 0.3 is 8.80 Å². The van der Waals surface area contributed by atoms with E-state index in [2.05, 4.69) is 11.9 Å². The lowest BCUT2D eigenvalue weighted by molar-refractivity contribution is -0.709. The molecule has 1 atom stereocenters. The van der Waals surface area contributed by atoms with Crippen LogP contribution < -0.4 is 21.5 Å². The van der Waals surface area contributed by atoms with Gasteiger partial charge in [-0.1, -0.05) is 6.92 Å². The zero-order valence-corrected chi connectivity index (χ0v) is 12.7. The summed E-state index contributed by atoms with van der Waals surface area (Å²) >= 11 is 0. The number of imidazole rings is 1. The third-order valence-electron chi connectivity index (χ3n) is 2.57. The van der Waals surface area contributed by atoms with Crippen molar-refractivity contribution in [2.24, 2.45) is 0 Å². The van der Waals surface area contributed by atoms with E-state index < -0.39 is 8.80 Å². The van der Waals surface area contributed by atoms with E-state index in [-0.39, 0.29) is 22.6 Å². The molecule has 0 bridgehead atoms. The van der Waals surface area contributed by atoms with Gasteiger partial charge in [0, 0.05) is 21.3 Å². The van der Waals surface area contributed by atoms with Crippen LogP contribution in [-0.2, 0) is 13.3 Å². The number of hydrogen-bond acceptors (Lipinski definition) is 3. The van der Waals surface area contributed by atoms with E-state index in [1.54, 1.807) is 21.3 Å². The van der Waals surface area contributed by atoms with Crippen LogP contribution in [0, 0.1) is 0 Å². The van der Waals surface area contributed by atoms with Gasteiger partial charge in [-0.15, -0.1) is 0 Å². The Bertz CT molecular complexity index is 272. The Morgan fingerprint density at radius 1 is 1.25 bits per heavy atom. The Morgan fingerprint density at radius 2 is 1.81 bits per heavy atom. The molecule has 1 rings (SSSR count). The molecule has 1 N–H and O–H groups in total. The van der Waals surface area contributed by atoms with E-state index >= 15 is 0 Å². The normalized spacial score (nSPS) is 13.2. The second-order valence-corrected chi connectivity index (χ2v) is 6.30. The number of nitrogens with zero attached hydrogens (tertiary/aromatic N) is 1. The van der Waals surface area contributed by atoms with Gasteiger partial charge in [-0.3, -0.25) is 4.98 Å². The highest BCUT2D eigenvalue weighted by Crippen LogP contribution is 2.21. The Labute approximate surface area is 108 Å². The minimum absolute atomic E-state index is 0.